The summed E-state index contributed by atoms with van der Waals surface area (Å²) in [5, 5.41) is 9.12. The molecule has 2 aromatic rings. The number of nitriles is 1. The van der Waals surface area contributed by atoms with Crippen LogP contribution in [-0.4, -0.2) is 5.78 Å². The first-order valence-electron chi connectivity index (χ1n) is 6.85. The fraction of sp³-hybridized carbons (Fsp3) is 0.222. The molecule has 0 bridgehead atoms. The van der Waals surface area contributed by atoms with Crippen LogP contribution < -0.4 is 4.74 Å². The highest BCUT2D eigenvalue weighted by Crippen LogP contribution is 2.22. The Morgan fingerprint density at radius 3 is 2.38 bits per heavy atom. The Balaban J connectivity index is 1.98. The van der Waals surface area contributed by atoms with Gasteiger partial charge < -0.3 is 4.74 Å². The number of benzene rings is 2. The molecule has 0 aromatic heterocycles. The summed E-state index contributed by atoms with van der Waals surface area (Å²) in [5.74, 6) is 0.388. The lowest BCUT2D eigenvalue weighted by Gasteiger charge is -2.10. The molecule has 3 nitrogen and oxygen atoms in total. The maximum atomic E-state index is 11.1. The van der Waals surface area contributed by atoms with Crippen LogP contribution in [-0.2, 0) is 11.4 Å². The van der Waals surface area contributed by atoms with Crippen molar-refractivity contribution in [2.75, 3.05) is 0 Å². The molecule has 0 fully saturated rings. The molecular weight excluding hydrogens is 262 g/mol. The predicted octanol–water partition coefficient (Wildman–Crippen LogP) is 3.85. The number of nitrogens with zero attached hydrogens (tertiary/aromatic N) is 1. The predicted molar refractivity (Wildman–Crippen MR) is 80.9 cm³/mol. The zero-order chi connectivity index (χ0) is 15.1. The van der Waals surface area contributed by atoms with E-state index in [9.17, 15) is 4.79 Å². The molecule has 1 unspecified atom stereocenters. The minimum atomic E-state index is -0.384. The fourth-order valence-corrected chi connectivity index (χ4v) is 2.06. The summed E-state index contributed by atoms with van der Waals surface area (Å²) in [6, 6.07) is 19.5. The third kappa shape index (κ3) is 4.47. The molecule has 0 radical (unpaired) electrons. The van der Waals surface area contributed by atoms with Crippen LogP contribution in [0, 0.1) is 11.3 Å². The molecule has 0 saturated heterocycles. The van der Waals surface area contributed by atoms with Gasteiger partial charge in [-0.05, 0) is 30.2 Å². The molecule has 2 aromatic carbocycles. The van der Waals surface area contributed by atoms with Gasteiger partial charge in [0.15, 0.2) is 0 Å². The van der Waals surface area contributed by atoms with E-state index in [0.29, 0.717) is 6.61 Å². The molecule has 0 amide bonds. The second kappa shape index (κ2) is 7.25. The molecule has 21 heavy (non-hydrogen) atoms. The van der Waals surface area contributed by atoms with Gasteiger partial charge in [0, 0.05) is 6.42 Å². The highest BCUT2D eigenvalue weighted by Gasteiger charge is 2.12. The van der Waals surface area contributed by atoms with Crippen molar-refractivity contribution in [3.8, 4) is 11.8 Å². The molecule has 0 aliphatic rings. The normalized spacial score (nSPS) is 11.4. The standard InChI is InChI=1S/C18H17NO2/c1-14(20)11-17(12-19)16-7-9-18(10-8-16)21-13-15-5-3-2-4-6-15/h2-10,17H,11,13H2,1H3. The van der Waals surface area contributed by atoms with Crippen molar-refractivity contribution in [3.63, 3.8) is 0 Å². The molecule has 0 aliphatic carbocycles. The zero-order valence-corrected chi connectivity index (χ0v) is 12.0. The first kappa shape index (κ1) is 14.8. The Morgan fingerprint density at radius 1 is 1.14 bits per heavy atom. The van der Waals surface area contributed by atoms with E-state index < -0.39 is 0 Å². The first-order chi connectivity index (χ1) is 10.2. The lowest BCUT2D eigenvalue weighted by Crippen LogP contribution is -2.02. The fourth-order valence-electron chi connectivity index (χ4n) is 2.06. The third-order valence-electron chi connectivity index (χ3n) is 3.18. The molecule has 0 N–H and O–H groups in total. The van der Waals surface area contributed by atoms with Gasteiger partial charge in [0.05, 0.1) is 12.0 Å². The number of rotatable bonds is 6. The van der Waals surface area contributed by atoms with Gasteiger partial charge in [-0.15, -0.1) is 0 Å². The summed E-state index contributed by atoms with van der Waals surface area (Å²) in [4.78, 5) is 11.1. The van der Waals surface area contributed by atoms with Crippen molar-refractivity contribution < 1.29 is 9.53 Å². The number of carbonyl (C=O) groups is 1. The van der Waals surface area contributed by atoms with E-state index in [4.69, 9.17) is 10.00 Å². The summed E-state index contributed by atoms with van der Waals surface area (Å²) in [6.07, 6.45) is 0.251. The summed E-state index contributed by atoms with van der Waals surface area (Å²) < 4.78 is 5.69. The van der Waals surface area contributed by atoms with Crippen molar-refractivity contribution in [2.24, 2.45) is 0 Å². The van der Waals surface area contributed by atoms with Crippen molar-refractivity contribution >= 4 is 5.78 Å². The van der Waals surface area contributed by atoms with Crippen molar-refractivity contribution in [1.29, 1.82) is 5.26 Å². The number of ketones is 1. The molecule has 106 valence electrons. The molecule has 0 saturated carbocycles. The highest BCUT2D eigenvalue weighted by atomic mass is 16.5. The topological polar surface area (TPSA) is 50.1 Å². The Kier molecular flexibility index (Phi) is 5.11. The molecule has 0 spiro atoms. The molecule has 0 aliphatic heterocycles. The smallest absolute Gasteiger partial charge is 0.131 e. The minimum absolute atomic E-state index is 0.0194. The van der Waals surface area contributed by atoms with Crippen molar-refractivity contribution in [3.05, 3.63) is 65.7 Å². The van der Waals surface area contributed by atoms with E-state index in [2.05, 4.69) is 6.07 Å². The van der Waals surface area contributed by atoms with Gasteiger partial charge >= 0.3 is 0 Å². The average Bonchev–Trinajstić information content (AvgIpc) is 2.52. The number of ether oxygens (including phenoxy) is 1. The molecule has 1 atom stereocenters. The van der Waals surface area contributed by atoms with Gasteiger partial charge in [0.1, 0.15) is 18.1 Å². The van der Waals surface area contributed by atoms with E-state index >= 15 is 0 Å². The van der Waals surface area contributed by atoms with Gasteiger partial charge in [0.25, 0.3) is 0 Å². The maximum absolute atomic E-state index is 11.1. The van der Waals surface area contributed by atoms with Crippen LogP contribution in [0.4, 0.5) is 0 Å². The van der Waals surface area contributed by atoms with Gasteiger partial charge in [-0.2, -0.15) is 5.26 Å². The quantitative estimate of drug-likeness (QED) is 0.807. The summed E-state index contributed by atoms with van der Waals surface area (Å²) in [6.45, 7) is 2.01. The van der Waals surface area contributed by atoms with Gasteiger partial charge in [-0.3, -0.25) is 4.79 Å². The van der Waals surface area contributed by atoms with Crippen LogP contribution in [0.25, 0.3) is 0 Å². The molecule has 0 heterocycles. The van der Waals surface area contributed by atoms with Gasteiger partial charge in [-0.1, -0.05) is 42.5 Å². The number of carbonyl (C=O) groups excluding carboxylic acids is 1. The van der Waals surface area contributed by atoms with E-state index in [0.717, 1.165) is 16.9 Å². The summed E-state index contributed by atoms with van der Waals surface area (Å²) in [7, 11) is 0. The lowest BCUT2D eigenvalue weighted by molar-refractivity contribution is -0.117. The van der Waals surface area contributed by atoms with Crippen molar-refractivity contribution in [1.82, 2.24) is 0 Å². The van der Waals surface area contributed by atoms with Gasteiger partial charge in [-0.25, -0.2) is 0 Å². The largest absolute Gasteiger partial charge is 0.489 e. The second-order valence-electron chi connectivity index (χ2n) is 4.93. The molecular formula is C18H17NO2. The van der Waals surface area contributed by atoms with E-state index in [-0.39, 0.29) is 18.1 Å². The number of hydrogen-bond acceptors (Lipinski definition) is 3. The number of hydrogen-bond donors (Lipinski definition) is 0. The van der Waals surface area contributed by atoms with Crippen LogP contribution in [0.2, 0.25) is 0 Å². The lowest BCUT2D eigenvalue weighted by atomic mass is 9.95. The van der Waals surface area contributed by atoms with E-state index in [1.165, 1.54) is 6.92 Å². The van der Waals surface area contributed by atoms with E-state index in [1.807, 2.05) is 54.6 Å². The van der Waals surface area contributed by atoms with Crippen LogP contribution in [0.15, 0.2) is 54.6 Å². The second-order valence-corrected chi connectivity index (χ2v) is 4.93. The Hall–Kier alpha value is -2.60. The van der Waals surface area contributed by atoms with Gasteiger partial charge in [0.2, 0.25) is 0 Å². The third-order valence-corrected chi connectivity index (χ3v) is 3.18. The van der Waals surface area contributed by atoms with Crippen LogP contribution in [0.3, 0.4) is 0 Å². The molecule has 2 rings (SSSR count). The minimum Gasteiger partial charge on any atom is -0.489 e. The zero-order valence-electron chi connectivity index (χ0n) is 12.0. The monoisotopic (exact) mass is 279 g/mol. The van der Waals surface area contributed by atoms with E-state index in [1.54, 1.807) is 0 Å². The highest BCUT2D eigenvalue weighted by molar-refractivity contribution is 5.77. The van der Waals surface area contributed by atoms with Crippen molar-refractivity contribution in [2.45, 2.75) is 25.9 Å². The van der Waals surface area contributed by atoms with Crippen LogP contribution >= 0.6 is 0 Å². The Bertz CT molecular complexity index is 627. The summed E-state index contributed by atoms with van der Waals surface area (Å²) in [5.41, 5.74) is 1.95. The number of Topliss-reactive ketones (excluding diaryl/α,β-unsaturated/α-hetero) is 1. The SMILES string of the molecule is CC(=O)CC(C#N)c1ccc(OCc2ccccc2)cc1. The maximum Gasteiger partial charge on any atom is 0.131 e. The Morgan fingerprint density at radius 2 is 1.81 bits per heavy atom. The average molecular weight is 279 g/mol. The van der Waals surface area contributed by atoms with Crippen LogP contribution in [0.5, 0.6) is 5.75 Å². The molecule has 3 heteroatoms. The summed E-state index contributed by atoms with van der Waals surface area (Å²) >= 11 is 0. The van der Waals surface area contributed by atoms with Crippen LogP contribution in [0.1, 0.15) is 30.4 Å². The first-order valence-corrected chi connectivity index (χ1v) is 6.85. The Labute approximate surface area is 124 Å².